The van der Waals surface area contributed by atoms with E-state index in [0.717, 1.165) is 24.2 Å². The first-order valence-corrected chi connectivity index (χ1v) is 8.81. The van der Waals surface area contributed by atoms with Gasteiger partial charge in [0.2, 0.25) is 0 Å². The number of benzene rings is 1. The molecule has 2 aromatic rings. The Bertz CT molecular complexity index is 782. The number of anilines is 1. The van der Waals surface area contributed by atoms with Gasteiger partial charge in [-0.1, -0.05) is 18.2 Å². The summed E-state index contributed by atoms with van der Waals surface area (Å²) in [5, 5.41) is 1.17. The number of rotatable bonds is 2. The second kappa shape index (κ2) is 6.54. The molecule has 0 spiro atoms. The summed E-state index contributed by atoms with van der Waals surface area (Å²) in [6, 6.07) is 8.46. The van der Waals surface area contributed by atoms with E-state index in [0.29, 0.717) is 6.54 Å². The number of hydrogen-bond acceptors (Lipinski definition) is 4. The number of hydrogen-bond donors (Lipinski definition) is 0. The first-order valence-electron chi connectivity index (χ1n) is 8.81. The van der Waals surface area contributed by atoms with Crippen molar-refractivity contribution in [3.8, 4) is 0 Å². The molecule has 1 aromatic heterocycles. The van der Waals surface area contributed by atoms with Gasteiger partial charge in [-0.3, -0.25) is 4.98 Å². The Morgan fingerprint density at radius 2 is 2.04 bits per heavy atom. The lowest BCUT2D eigenvalue weighted by atomic mass is 10.1. The highest BCUT2D eigenvalue weighted by Gasteiger charge is 2.32. The van der Waals surface area contributed by atoms with Crippen LogP contribution in [0.4, 0.5) is 10.5 Å². The van der Waals surface area contributed by atoms with Crippen LogP contribution in [0.5, 0.6) is 0 Å². The van der Waals surface area contributed by atoms with Crippen molar-refractivity contribution in [1.82, 2.24) is 9.88 Å². The van der Waals surface area contributed by atoms with Crippen LogP contribution in [-0.2, 0) is 4.74 Å². The highest BCUT2D eigenvalue weighted by Crippen LogP contribution is 2.29. The van der Waals surface area contributed by atoms with Crippen LogP contribution in [0.3, 0.4) is 0 Å². The zero-order valence-electron chi connectivity index (χ0n) is 15.7. The average molecular weight is 341 g/mol. The smallest absolute Gasteiger partial charge is 0.410 e. The van der Waals surface area contributed by atoms with Crippen LogP contribution in [0.2, 0.25) is 0 Å². The van der Waals surface area contributed by atoms with Crippen LogP contribution in [0.15, 0.2) is 30.5 Å². The monoisotopic (exact) mass is 341 g/mol. The number of aryl methyl sites for hydroxylation is 1. The third-order valence-electron chi connectivity index (χ3n) is 4.76. The lowest BCUT2D eigenvalue weighted by molar-refractivity contribution is 0.0292. The van der Waals surface area contributed by atoms with Gasteiger partial charge < -0.3 is 14.5 Å². The van der Waals surface area contributed by atoms with E-state index >= 15 is 0 Å². The minimum Gasteiger partial charge on any atom is -0.444 e. The first-order chi connectivity index (χ1) is 11.8. The molecule has 1 aliphatic rings. The molecule has 1 unspecified atom stereocenters. The van der Waals surface area contributed by atoms with Crippen LogP contribution in [0, 0.1) is 6.92 Å². The molecule has 0 aliphatic carbocycles. The Balaban J connectivity index is 1.75. The van der Waals surface area contributed by atoms with Crippen molar-refractivity contribution >= 4 is 22.7 Å². The van der Waals surface area contributed by atoms with Crippen LogP contribution < -0.4 is 4.90 Å². The van der Waals surface area contributed by atoms with Gasteiger partial charge in [0.15, 0.2) is 0 Å². The van der Waals surface area contributed by atoms with Gasteiger partial charge in [-0.15, -0.1) is 0 Å². The number of carbonyl (C=O) groups excluding carboxylic acids is 1. The van der Waals surface area contributed by atoms with Gasteiger partial charge in [-0.25, -0.2) is 4.79 Å². The van der Waals surface area contributed by atoms with Crippen LogP contribution in [-0.4, -0.2) is 47.8 Å². The predicted octanol–water partition coefficient (Wildman–Crippen LogP) is 3.99. The molecule has 1 atom stereocenters. The summed E-state index contributed by atoms with van der Waals surface area (Å²) in [6.45, 7) is 9.23. The topological polar surface area (TPSA) is 45.7 Å². The number of ether oxygens (including phenoxy) is 1. The molecule has 2 heterocycles. The maximum atomic E-state index is 12.3. The van der Waals surface area contributed by atoms with Crippen molar-refractivity contribution < 1.29 is 9.53 Å². The molecule has 0 saturated carbocycles. The molecule has 1 saturated heterocycles. The van der Waals surface area contributed by atoms with Crippen molar-refractivity contribution in [2.24, 2.45) is 0 Å². The highest BCUT2D eigenvalue weighted by molar-refractivity contribution is 5.86. The van der Waals surface area contributed by atoms with Crippen molar-refractivity contribution in [3.63, 3.8) is 0 Å². The molecule has 1 amide bonds. The van der Waals surface area contributed by atoms with Crippen LogP contribution >= 0.6 is 0 Å². The molecule has 0 N–H and O–H groups in total. The standard InChI is InChI=1S/C20H27N3O2/c1-14-16-8-6-7-9-17(16)21-12-18(14)22(5)15-10-11-23(13-15)19(24)25-20(2,3)4/h6-9,12,15H,10-11,13H2,1-5H3. The van der Waals surface area contributed by atoms with Gasteiger partial charge in [0.05, 0.1) is 17.4 Å². The zero-order valence-corrected chi connectivity index (χ0v) is 15.7. The van der Waals surface area contributed by atoms with Crippen molar-refractivity contribution in [3.05, 3.63) is 36.0 Å². The molecule has 134 valence electrons. The quantitative estimate of drug-likeness (QED) is 0.828. The molecule has 0 bridgehead atoms. The first kappa shape index (κ1) is 17.5. The Hall–Kier alpha value is -2.30. The molecule has 0 radical (unpaired) electrons. The van der Waals surface area contributed by atoms with Crippen molar-refractivity contribution in [2.45, 2.75) is 45.8 Å². The fraction of sp³-hybridized carbons (Fsp3) is 0.500. The zero-order chi connectivity index (χ0) is 18.2. The number of likely N-dealkylation sites (tertiary alicyclic amines) is 1. The second-order valence-electron chi connectivity index (χ2n) is 7.77. The summed E-state index contributed by atoms with van der Waals surface area (Å²) in [5.74, 6) is 0. The lowest BCUT2D eigenvalue weighted by Crippen LogP contribution is -2.39. The van der Waals surface area contributed by atoms with Gasteiger partial charge >= 0.3 is 6.09 Å². The van der Waals surface area contributed by atoms with Gasteiger partial charge in [-0.05, 0) is 45.7 Å². The molecule has 5 nitrogen and oxygen atoms in total. The summed E-state index contributed by atoms with van der Waals surface area (Å²) >= 11 is 0. The lowest BCUT2D eigenvalue weighted by Gasteiger charge is -2.29. The Kier molecular flexibility index (Phi) is 4.58. The fourth-order valence-electron chi connectivity index (χ4n) is 3.37. The maximum absolute atomic E-state index is 12.3. The van der Waals surface area contributed by atoms with E-state index < -0.39 is 5.60 Å². The molecule has 1 aliphatic heterocycles. The number of para-hydroxylation sites is 1. The Morgan fingerprint density at radius 1 is 1.32 bits per heavy atom. The van der Waals surface area contributed by atoms with Gasteiger partial charge in [-0.2, -0.15) is 0 Å². The highest BCUT2D eigenvalue weighted by atomic mass is 16.6. The number of amides is 1. The number of pyridine rings is 1. The fourth-order valence-corrected chi connectivity index (χ4v) is 3.37. The maximum Gasteiger partial charge on any atom is 0.410 e. The van der Waals surface area contributed by atoms with E-state index in [2.05, 4.69) is 29.9 Å². The SMILES string of the molecule is Cc1c(N(C)C2CCN(C(=O)OC(C)(C)C)C2)cnc2ccccc12. The molecular weight excluding hydrogens is 314 g/mol. The van der Waals surface area contributed by atoms with Crippen LogP contribution in [0.25, 0.3) is 10.9 Å². The normalized spacial score (nSPS) is 17.8. The number of likely N-dealkylation sites (N-methyl/N-ethyl adjacent to an activating group) is 1. The predicted molar refractivity (Wildman–Crippen MR) is 101 cm³/mol. The molecular formula is C20H27N3O2. The van der Waals surface area contributed by atoms with E-state index in [1.54, 1.807) is 4.90 Å². The Morgan fingerprint density at radius 3 is 2.76 bits per heavy atom. The third-order valence-corrected chi connectivity index (χ3v) is 4.76. The van der Waals surface area contributed by atoms with E-state index in [4.69, 9.17) is 4.74 Å². The molecule has 3 rings (SSSR count). The minimum atomic E-state index is -0.458. The molecule has 1 aromatic carbocycles. The summed E-state index contributed by atoms with van der Waals surface area (Å²) in [5.41, 5.74) is 2.90. The number of fused-ring (bicyclic) bond motifs is 1. The van der Waals surface area contributed by atoms with Crippen molar-refractivity contribution in [1.29, 1.82) is 0 Å². The van der Waals surface area contributed by atoms with Crippen molar-refractivity contribution in [2.75, 3.05) is 25.0 Å². The number of carbonyl (C=O) groups is 1. The second-order valence-corrected chi connectivity index (χ2v) is 7.77. The van der Waals surface area contributed by atoms with Crippen LogP contribution in [0.1, 0.15) is 32.8 Å². The summed E-state index contributed by atoms with van der Waals surface area (Å²) in [7, 11) is 2.09. The van der Waals surface area contributed by atoms with Gasteiger partial charge in [0, 0.05) is 31.6 Å². The molecule has 1 fully saturated rings. The van der Waals surface area contributed by atoms with E-state index in [1.807, 2.05) is 45.2 Å². The summed E-state index contributed by atoms with van der Waals surface area (Å²) in [6.07, 6.45) is 2.65. The third kappa shape index (κ3) is 3.70. The minimum absolute atomic E-state index is 0.225. The number of nitrogens with zero attached hydrogens (tertiary/aromatic N) is 3. The summed E-state index contributed by atoms with van der Waals surface area (Å²) < 4.78 is 5.49. The largest absolute Gasteiger partial charge is 0.444 e. The number of aromatic nitrogens is 1. The molecule has 25 heavy (non-hydrogen) atoms. The summed E-state index contributed by atoms with van der Waals surface area (Å²) in [4.78, 5) is 20.9. The van der Waals surface area contributed by atoms with Gasteiger partial charge in [0.1, 0.15) is 5.60 Å². The molecule has 5 heteroatoms. The van der Waals surface area contributed by atoms with E-state index in [9.17, 15) is 4.79 Å². The Labute approximate surface area is 149 Å². The van der Waals surface area contributed by atoms with E-state index in [1.165, 1.54) is 10.9 Å². The van der Waals surface area contributed by atoms with Gasteiger partial charge in [0.25, 0.3) is 0 Å². The average Bonchev–Trinajstić information content (AvgIpc) is 3.03. The van der Waals surface area contributed by atoms with E-state index in [-0.39, 0.29) is 12.1 Å².